The lowest BCUT2D eigenvalue weighted by atomic mass is 9.98. The van der Waals surface area contributed by atoms with Crippen LogP contribution in [0.4, 0.5) is 0 Å². The highest BCUT2D eigenvalue weighted by molar-refractivity contribution is 5.80. The van der Waals surface area contributed by atoms with E-state index in [-0.39, 0.29) is 30.2 Å². The molecule has 3 atom stereocenters. The molecule has 1 aliphatic rings. The van der Waals surface area contributed by atoms with E-state index < -0.39 is 0 Å². The molecule has 0 saturated carbocycles. The maximum atomic E-state index is 13.0. The first-order valence-corrected chi connectivity index (χ1v) is 9.45. The van der Waals surface area contributed by atoms with Crippen LogP contribution in [0.3, 0.4) is 0 Å². The molecule has 0 aliphatic carbocycles. The van der Waals surface area contributed by atoms with Gasteiger partial charge in [0.1, 0.15) is 25.3 Å². The van der Waals surface area contributed by atoms with Crippen molar-refractivity contribution in [2.45, 2.75) is 45.1 Å². The first kappa shape index (κ1) is 18.6. The molecule has 26 heavy (non-hydrogen) atoms. The van der Waals surface area contributed by atoms with Crippen LogP contribution in [0, 0.1) is 0 Å². The minimum absolute atomic E-state index is 0.0824. The van der Waals surface area contributed by atoms with E-state index in [1.807, 2.05) is 43.3 Å². The lowest BCUT2D eigenvalue weighted by molar-refractivity contribution is -0.928. The van der Waals surface area contributed by atoms with Gasteiger partial charge < -0.3 is 15.0 Å². The zero-order chi connectivity index (χ0) is 18.5. The number of hydrogen-bond acceptors (Lipinski definition) is 2. The van der Waals surface area contributed by atoms with Crippen LogP contribution in [0.2, 0.25) is 0 Å². The molecule has 0 unspecified atom stereocenters. The Bertz CT molecular complexity index is 655. The highest BCUT2D eigenvalue weighted by atomic mass is 16.5. The molecule has 0 aromatic heterocycles. The van der Waals surface area contributed by atoms with Crippen molar-refractivity contribution in [3.8, 4) is 0 Å². The molecule has 1 fully saturated rings. The normalized spacial score (nSPS) is 24.2. The Hall–Kier alpha value is -2.17. The third-order valence-corrected chi connectivity index (χ3v) is 5.12. The molecule has 0 radical (unpaired) electrons. The highest BCUT2D eigenvalue weighted by Gasteiger charge is 2.34. The Labute approximate surface area is 156 Å². The maximum Gasteiger partial charge on any atom is 0.278 e. The summed E-state index contributed by atoms with van der Waals surface area (Å²) in [6.45, 7) is 7.90. The van der Waals surface area contributed by atoms with Crippen molar-refractivity contribution in [2.24, 2.45) is 0 Å². The fourth-order valence-electron chi connectivity index (χ4n) is 3.77. The van der Waals surface area contributed by atoms with Gasteiger partial charge in [-0.2, -0.15) is 0 Å². The number of nitrogens with one attached hydrogen (secondary N) is 2. The largest absolute Gasteiger partial charge is 0.364 e. The van der Waals surface area contributed by atoms with E-state index in [4.69, 9.17) is 4.74 Å². The quantitative estimate of drug-likeness (QED) is 0.863. The van der Waals surface area contributed by atoms with Crippen molar-refractivity contribution in [3.63, 3.8) is 0 Å². The zero-order valence-corrected chi connectivity index (χ0v) is 15.8. The minimum Gasteiger partial charge on any atom is -0.364 e. The molecule has 2 aromatic carbocycles. The Morgan fingerprint density at radius 3 is 1.88 bits per heavy atom. The van der Waals surface area contributed by atoms with Gasteiger partial charge in [-0.3, -0.25) is 4.79 Å². The van der Waals surface area contributed by atoms with Gasteiger partial charge in [0.15, 0.2) is 6.04 Å². The molecule has 1 amide bonds. The maximum absolute atomic E-state index is 13.0. The lowest BCUT2D eigenvalue weighted by Crippen LogP contribution is -3.19. The van der Waals surface area contributed by atoms with Crippen LogP contribution in [-0.2, 0) is 9.53 Å². The summed E-state index contributed by atoms with van der Waals surface area (Å²) in [5.74, 6) is 0.0824. The second-order valence-corrected chi connectivity index (χ2v) is 7.31. The van der Waals surface area contributed by atoms with Crippen LogP contribution < -0.4 is 10.2 Å². The van der Waals surface area contributed by atoms with Crippen LogP contribution in [0.1, 0.15) is 37.9 Å². The predicted molar refractivity (Wildman–Crippen MR) is 103 cm³/mol. The first-order valence-electron chi connectivity index (χ1n) is 9.45. The van der Waals surface area contributed by atoms with Crippen LogP contribution in [-0.4, -0.2) is 37.2 Å². The molecule has 3 rings (SSSR count). The number of rotatable bonds is 5. The predicted octanol–water partition coefficient (Wildman–Crippen LogP) is 1.97. The number of carbonyl (C=O) groups is 1. The third-order valence-electron chi connectivity index (χ3n) is 5.12. The second-order valence-electron chi connectivity index (χ2n) is 7.31. The molecule has 0 spiro atoms. The van der Waals surface area contributed by atoms with E-state index in [2.05, 4.69) is 43.4 Å². The fraction of sp³-hybridized carbons (Fsp3) is 0.409. The van der Waals surface area contributed by atoms with Crippen molar-refractivity contribution in [2.75, 3.05) is 13.1 Å². The van der Waals surface area contributed by atoms with Crippen molar-refractivity contribution in [1.29, 1.82) is 0 Å². The second kappa shape index (κ2) is 8.47. The van der Waals surface area contributed by atoms with Crippen LogP contribution in [0.15, 0.2) is 60.7 Å². The molecule has 1 heterocycles. The zero-order valence-electron chi connectivity index (χ0n) is 15.8. The van der Waals surface area contributed by atoms with Crippen molar-refractivity contribution in [1.82, 2.24) is 5.32 Å². The summed E-state index contributed by atoms with van der Waals surface area (Å²) in [7, 11) is 0. The van der Waals surface area contributed by atoms with Crippen LogP contribution >= 0.6 is 0 Å². The Balaban J connectivity index is 1.77. The lowest BCUT2D eigenvalue weighted by Gasteiger charge is -2.35. The SMILES string of the molecule is C[C@@H]1C[NH+]([C@@H](C)C(=O)NC(c2ccccc2)c2ccccc2)C[C@@H](C)O1. The Kier molecular flexibility index (Phi) is 6.07. The number of quaternary nitrogens is 1. The standard InChI is InChI=1S/C22H28N2O2/c1-16-14-24(15-17(2)26-16)18(3)22(25)23-21(19-10-6-4-7-11-19)20-12-8-5-9-13-20/h4-13,16-18,21H,14-15H2,1-3H3,(H,23,25)/p+1/t16-,17-,18+/m1/s1. The van der Waals surface area contributed by atoms with E-state index in [0.717, 1.165) is 24.2 Å². The summed E-state index contributed by atoms with van der Waals surface area (Å²) in [5, 5.41) is 3.28. The molecule has 2 N–H and O–H groups in total. The number of hydrogen-bond donors (Lipinski definition) is 2. The summed E-state index contributed by atoms with van der Waals surface area (Å²) < 4.78 is 5.81. The number of carbonyl (C=O) groups excluding carboxylic acids is 1. The minimum atomic E-state index is -0.136. The number of ether oxygens (including phenoxy) is 1. The molecule has 4 heteroatoms. The molecule has 2 aromatic rings. The fourth-order valence-corrected chi connectivity index (χ4v) is 3.77. The Morgan fingerprint density at radius 2 is 1.42 bits per heavy atom. The van der Waals surface area contributed by atoms with E-state index >= 15 is 0 Å². The summed E-state index contributed by atoms with van der Waals surface area (Å²) in [5.41, 5.74) is 2.19. The van der Waals surface area contributed by atoms with Gasteiger partial charge in [-0.1, -0.05) is 60.7 Å². The number of amides is 1. The molecule has 0 bridgehead atoms. The van der Waals surface area contributed by atoms with Crippen LogP contribution in [0.25, 0.3) is 0 Å². The average molecular weight is 353 g/mol. The molecule has 1 aliphatic heterocycles. The van der Waals surface area contributed by atoms with Gasteiger partial charge in [-0.25, -0.2) is 0 Å². The van der Waals surface area contributed by atoms with Gasteiger partial charge in [0.2, 0.25) is 0 Å². The summed E-state index contributed by atoms with van der Waals surface area (Å²) in [4.78, 5) is 14.3. The smallest absolute Gasteiger partial charge is 0.278 e. The van der Waals surface area contributed by atoms with E-state index in [1.165, 1.54) is 4.90 Å². The van der Waals surface area contributed by atoms with Crippen molar-refractivity contribution in [3.05, 3.63) is 71.8 Å². The summed E-state index contributed by atoms with van der Waals surface area (Å²) >= 11 is 0. The van der Waals surface area contributed by atoms with Gasteiger partial charge >= 0.3 is 0 Å². The number of benzene rings is 2. The van der Waals surface area contributed by atoms with Gasteiger partial charge in [0.05, 0.1) is 6.04 Å². The molecular weight excluding hydrogens is 324 g/mol. The average Bonchev–Trinajstić information content (AvgIpc) is 2.66. The molecule has 1 saturated heterocycles. The van der Waals surface area contributed by atoms with E-state index in [9.17, 15) is 4.79 Å². The van der Waals surface area contributed by atoms with Gasteiger partial charge in [0.25, 0.3) is 5.91 Å². The van der Waals surface area contributed by atoms with E-state index in [0.29, 0.717) is 0 Å². The monoisotopic (exact) mass is 353 g/mol. The first-order chi connectivity index (χ1) is 12.5. The van der Waals surface area contributed by atoms with Crippen LogP contribution in [0.5, 0.6) is 0 Å². The highest BCUT2D eigenvalue weighted by Crippen LogP contribution is 2.21. The number of morpholine rings is 1. The molecular formula is C22H29N2O2+. The van der Waals surface area contributed by atoms with E-state index in [1.54, 1.807) is 0 Å². The molecule has 138 valence electrons. The van der Waals surface area contributed by atoms with Gasteiger partial charge in [0, 0.05) is 0 Å². The summed E-state index contributed by atoms with van der Waals surface area (Å²) in [6, 6.07) is 20.0. The van der Waals surface area contributed by atoms with Crippen molar-refractivity contribution >= 4 is 5.91 Å². The van der Waals surface area contributed by atoms with Crippen molar-refractivity contribution < 1.29 is 14.4 Å². The topological polar surface area (TPSA) is 42.8 Å². The Morgan fingerprint density at radius 1 is 0.962 bits per heavy atom. The summed E-state index contributed by atoms with van der Waals surface area (Å²) in [6.07, 6.45) is 0.367. The van der Waals surface area contributed by atoms with Gasteiger partial charge in [-0.05, 0) is 31.9 Å². The molecule has 4 nitrogen and oxygen atoms in total. The van der Waals surface area contributed by atoms with Gasteiger partial charge in [-0.15, -0.1) is 0 Å². The third kappa shape index (κ3) is 4.51.